The number of rotatable bonds is 14. The van der Waals surface area contributed by atoms with Crippen LogP contribution >= 0.6 is 11.8 Å². The number of nitrogens with zero attached hydrogens (tertiary/aromatic N) is 1. The van der Waals surface area contributed by atoms with Crippen LogP contribution in [0.1, 0.15) is 114 Å². The van der Waals surface area contributed by atoms with Crippen LogP contribution in [-0.2, 0) is 11.2 Å². The van der Waals surface area contributed by atoms with Crippen molar-refractivity contribution < 1.29 is 18.7 Å². The number of unbranched alkanes of at least 4 members (excludes halogenated alkanes) is 4. The average molecular weight is 608 g/mol. The number of benzene rings is 2. The van der Waals surface area contributed by atoms with E-state index in [1.165, 1.54) is 67.6 Å². The number of ether oxygens (including phenoxy) is 2. The monoisotopic (exact) mass is 607 g/mol. The van der Waals surface area contributed by atoms with Gasteiger partial charge in [-0.1, -0.05) is 44.4 Å². The Kier molecular flexibility index (Phi) is 11.3. The van der Waals surface area contributed by atoms with E-state index < -0.39 is 0 Å². The third-order valence-corrected chi connectivity index (χ3v) is 10.4. The summed E-state index contributed by atoms with van der Waals surface area (Å²) in [5.74, 6) is 3.97. The van der Waals surface area contributed by atoms with E-state index in [9.17, 15) is 9.18 Å². The van der Waals surface area contributed by atoms with Crippen molar-refractivity contribution in [2.45, 2.75) is 109 Å². The molecule has 234 valence electrons. The van der Waals surface area contributed by atoms with Crippen LogP contribution in [0.2, 0.25) is 0 Å². The molecule has 1 saturated heterocycles. The third-order valence-electron chi connectivity index (χ3n) is 9.49. The van der Waals surface area contributed by atoms with E-state index in [0.717, 1.165) is 67.4 Å². The summed E-state index contributed by atoms with van der Waals surface area (Å²) in [6.45, 7) is 10.2. The van der Waals surface area contributed by atoms with Gasteiger partial charge in [-0.25, -0.2) is 4.39 Å². The fraction of sp³-hybridized carbons (Fsp3) is 0.595. The standard InChI is InChI=1S/C37H50FNO3S/c1-27(13-11-15-28-14-8-9-18-32(28)38)29-25-33(36-30-16-12-17-31(30)37(2,3)42-34(36)26-29)41-35(40)19-7-5-4-6-10-20-39-21-23-43-24-22-39/h8-9,14,18,25-27H,4-7,10-13,15-17,19-24H2,1-3H3. The number of carbonyl (C=O) groups excluding carboxylic acids is 1. The van der Waals surface area contributed by atoms with E-state index in [0.29, 0.717) is 18.6 Å². The van der Waals surface area contributed by atoms with Gasteiger partial charge in [0.05, 0.1) is 5.56 Å². The summed E-state index contributed by atoms with van der Waals surface area (Å²) in [7, 11) is 0. The second-order valence-electron chi connectivity index (χ2n) is 13.1. The molecule has 43 heavy (non-hydrogen) atoms. The van der Waals surface area contributed by atoms with Crippen molar-refractivity contribution >= 4 is 23.3 Å². The Balaban J connectivity index is 1.20. The van der Waals surface area contributed by atoms with Gasteiger partial charge in [-0.3, -0.25) is 4.79 Å². The quantitative estimate of drug-likeness (QED) is 0.122. The zero-order chi connectivity index (χ0) is 30.2. The minimum atomic E-state index is -0.361. The highest BCUT2D eigenvalue weighted by Crippen LogP contribution is 2.52. The topological polar surface area (TPSA) is 38.8 Å². The molecule has 1 atom stereocenters. The third kappa shape index (κ3) is 8.45. The first kappa shape index (κ1) is 32.1. The molecule has 3 aliphatic rings. The van der Waals surface area contributed by atoms with Crippen LogP contribution in [0.15, 0.2) is 42.0 Å². The van der Waals surface area contributed by atoms with Gasteiger partial charge in [0.25, 0.3) is 0 Å². The lowest BCUT2D eigenvalue weighted by Crippen LogP contribution is -2.33. The summed E-state index contributed by atoms with van der Waals surface area (Å²) in [4.78, 5) is 15.7. The van der Waals surface area contributed by atoms with Crippen LogP contribution < -0.4 is 9.47 Å². The van der Waals surface area contributed by atoms with Crippen LogP contribution in [-0.4, -0.2) is 47.6 Å². The van der Waals surface area contributed by atoms with Gasteiger partial charge in [0.1, 0.15) is 22.9 Å². The number of hydrogen-bond donors (Lipinski definition) is 0. The first-order chi connectivity index (χ1) is 20.8. The lowest BCUT2D eigenvalue weighted by atomic mass is 9.85. The summed E-state index contributed by atoms with van der Waals surface area (Å²) < 4.78 is 26.9. The van der Waals surface area contributed by atoms with E-state index in [1.807, 2.05) is 12.1 Å². The molecule has 0 spiro atoms. The number of hydrogen-bond acceptors (Lipinski definition) is 5. The molecule has 2 aliphatic heterocycles. The lowest BCUT2D eigenvalue weighted by molar-refractivity contribution is -0.134. The Bertz CT molecular complexity index is 1280. The first-order valence-corrected chi connectivity index (χ1v) is 17.8. The van der Waals surface area contributed by atoms with Gasteiger partial charge < -0.3 is 14.4 Å². The molecule has 0 saturated carbocycles. The highest BCUT2D eigenvalue weighted by Gasteiger charge is 2.39. The van der Waals surface area contributed by atoms with E-state index in [2.05, 4.69) is 49.6 Å². The second kappa shape index (κ2) is 15.1. The fourth-order valence-electron chi connectivity index (χ4n) is 6.97. The molecule has 0 N–H and O–H groups in total. The normalized spacial score (nSPS) is 18.6. The predicted octanol–water partition coefficient (Wildman–Crippen LogP) is 9.36. The van der Waals surface area contributed by atoms with Crippen molar-refractivity contribution in [3.63, 3.8) is 0 Å². The maximum absolute atomic E-state index is 14.1. The Morgan fingerprint density at radius 1 is 1.05 bits per heavy atom. The number of carbonyl (C=O) groups is 1. The Labute approximate surface area is 262 Å². The maximum atomic E-state index is 14.1. The number of allylic oxidation sites excluding steroid dienone is 1. The van der Waals surface area contributed by atoms with E-state index in [-0.39, 0.29) is 23.3 Å². The zero-order valence-electron chi connectivity index (χ0n) is 26.5. The molecule has 6 heteroatoms. The van der Waals surface area contributed by atoms with Gasteiger partial charge in [-0.05, 0) is 118 Å². The summed E-state index contributed by atoms with van der Waals surface area (Å²) in [5.41, 5.74) is 5.15. The Morgan fingerprint density at radius 3 is 2.63 bits per heavy atom. The average Bonchev–Trinajstić information content (AvgIpc) is 3.49. The molecule has 5 rings (SSSR count). The molecular formula is C37H50FNO3S. The SMILES string of the molecule is CC(CCCc1ccccc1F)c1cc(OC(=O)CCCCCCCN2CCSCC2)c2c(c1)OC(C)(C)C1=C2CCC1. The van der Waals surface area contributed by atoms with E-state index >= 15 is 0 Å². The predicted molar refractivity (Wildman–Crippen MR) is 177 cm³/mol. The molecule has 4 nitrogen and oxygen atoms in total. The molecule has 2 heterocycles. The van der Waals surface area contributed by atoms with E-state index in [4.69, 9.17) is 9.47 Å². The van der Waals surface area contributed by atoms with Gasteiger partial charge in [0, 0.05) is 31.0 Å². The van der Waals surface area contributed by atoms with Gasteiger partial charge in [0.15, 0.2) is 0 Å². The summed E-state index contributed by atoms with van der Waals surface area (Å²) in [6, 6.07) is 11.3. The van der Waals surface area contributed by atoms with Gasteiger partial charge in [0.2, 0.25) is 0 Å². The number of fused-ring (bicyclic) bond motifs is 2. The van der Waals surface area contributed by atoms with Crippen LogP contribution in [0.25, 0.3) is 5.57 Å². The molecule has 1 aliphatic carbocycles. The summed E-state index contributed by atoms with van der Waals surface area (Å²) in [6.07, 6.45) is 11.7. The van der Waals surface area contributed by atoms with Crippen molar-refractivity contribution in [2.24, 2.45) is 0 Å². The summed E-state index contributed by atoms with van der Waals surface area (Å²) in [5, 5.41) is 0. The molecular weight excluding hydrogens is 557 g/mol. The number of thioether (sulfide) groups is 1. The van der Waals surface area contributed by atoms with Crippen molar-refractivity contribution in [2.75, 3.05) is 31.1 Å². The first-order valence-electron chi connectivity index (χ1n) is 16.7. The molecule has 0 bridgehead atoms. The minimum absolute atomic E-state index is 0.133. The highest BCUT2D eigenvalue weighted by molar-refractivity contribution is 7.99. The lowest BCUT2D eigenvalue weighted by Gasteiger charge is -2.36. The van der Waals surface area contributed by atoms with Crippen molar-refractivity contribution in [1.29, 1.82) is 0 Å². The van der Waals surface area contributed by atoms with Gasteiger partial charge in [-0.15, -0.1) is 0 Å². The fourth-order valence-corrected chi connectivity index (χ4v) is 7.95. The molecule has 1 fully saturated rings. The molecule has 0 radical (unpaired) electrons. The van der Waals surface area contributed by atoms with Crippen LogP contribution in [0, 0.1) is 5.82 Å². The van der Waals surface area contributed by atoms with Crippen molar-refractivity contribution in [1.82, 2.24) is 4.90 Å². The number of halogens is 1. The van der Waals surface area contributed by atoms with Gasteiger partial charge >= 0.3 is 5.97 Å². The van der Waals surface area contributed by atoms with Crippen LogP contribution in [0.3, 0.4) is 0 Å². The van der Waals surface area contributed by atoms with Crippen LogP contribution in [0.5, 0.6) is 11.5 Å². The number of aryl methyl sites for hydroxylation is 1. The largest absolute Gasteiger partial charge is 0.483 e. The molecule has 1 unspecified atom stereocenters. The molecule has 2 aromatic rings. The smallest absolute Gasteiger partial charge is 0.311 e. The minimum Gasteiger partial charge on any atom is -0.483 e. The Hall–Kier alpha value is -2.31. The molecule has 2 aromatic carbocycles. The maximum Gasteiger partial charge on any atom is 0.311 e. The molecule has 0 amide bonds. The number of esters is 1. The van der Waals surface area contributed by atoms with Crippen molar-refractivity contribution in [3.05, 3.63) is 64.5 Å². The van der Waals surface area contributed by atoms with Crippen LogP contribution in [0.4, 0.5) is 4.39 Å². The Morgan fingerprint density at radius 2 is 1.81 bits per heavy atom. The summed E-state index contributed by atoms with van der Waals surface area (Å²) >= 11 is 2.06. The van der Waals surface area contributed by atoms with Crippen molar-refractivity contribution in [3.8, 4) is 11.5 Å². The zero-order valence-corrected chi connectivity index (χ0v) is 27.3. The van der Waals surface area contributed by atoms with Gasteiger partial charge in [-0.2, -0.15) is 11.8 Å². The second-order valence-corrected chi connectivity index (χ2v) is 14.4. The van der Waals surface area contributed by atoms with E-state index in [1.54, 1.807) is 6.07 Å². The molecule has 0 aromatic heterocycles. The highest BCUT2D eigenvalue weighted by atomic mass is 32.2.